The van der Waals surface area contributed by atoms with E-state index in [4.69, 9.17) is 14.2 Å². The molecule has 158 valence electrons. The van der Waals surface area contributed by atoms with Crippen LogP contribution in [0.3, 0.4) is 0 Å². The van der Waals surface area contributed by atoms with Crippen molar-refractivity contribution in [3.8, 4) is 17.2 Å². The molecule has 1 N–H and O–H groups in total. The van der Waals surface area contributed by atoms with E-state index in [1.54, 1.807) is 36.4 Å². The van der Waals surface area contributed by atoms with Crippen LogP contribution < -0.4 is 23.8 Å². The number of anilines is 2. The molecule has 0 saturated heterocycles. The fourth-order valence-corrected chi connectivity index (χ4v) is 4.00. The SMILES string of the molecule is CCOc1cccc(NC(=O)[C@@H](C)N(c2cc(OC)ccc2OC)S(C)(=O)=O)c1. The Labute approximate surface area is 171 Å². The molecule has 2 aromatic rings. The average molecular weight is 423 g/mol. The highest BCUT2D eigenvalue weighted by atomic mass is 32.2. The fraction of sp³-hybridized carbons (Fsp3) is 0.350. The first-order chi connectivity index (χ1) is 13.7. The van der Waals surface area contributed by atoms with Gasteiger partial charge in [-0.15, -0.1) is 0 Å². The number of hydrogen-bond donors (Lipinski definition) is 1. The van der Waals surface area contributed by atoms with E-state index < -0.39 is 22.0 Å². The summed E-state index contributed by atoms with van der Waals surface area (Å²) >= 11 is 0. The normalized spacial score (nSPS) is 12.0. The van der Waals surface area contributed by atoms with Crippen LogP contribution in [0.25, 0.3) is 0 Å². The first-order valence-corrected chi connectivity index (χ1v) is 10.8. The predicted octanol–water partition coefficient (Wildman–Crippen LogP) is 2.90. The van der Waals surface area contributed by atoms with Gasteiger partial charge in [0.25, 0.3) is 0 Å². The van der Waals surface area contributed by atoms with E-state index in [2.05, 4.69) is 5.32 Å². The van der Waals surface area contributed by atoms with Crippen LogP contribution in [-0.4, -0.2) is 47.4 Å². The van der Waals surface area contributed by atoms with Gasteiger partial charge in [0.05, 0.1) is 32.8 Å². The lowest BCUT2D eigenvalue weighted by Gasteiger charge is -2.29. The number of amides is 1. The number of methoxy groups -OCH3 is 2. The minimum atomic E-state index is -3.82. The van der Waals surface area contributed by atoms with Crippen molar-refractivity contribution in [1.29, 1.82) is 0 Å². The van der Waals surface area contributed by atoms with Crippen LogP contribution in [-0.2, 0) is 14.8 Å². The zero-order valence-electron chi connectivity index (χ0n) is 17.1. The Morgan fingerprint density at radius 3 is 2.41 bits per heavy atom. The summed E-state index contributed by atoms with van der Waals surface area (Å²) in [5, 5.41) is 2.73. The molecule has 0 aromatic heterocycles. The number of ether oxygens (including phenoxy) is 3. The van der Waals surface area contributed by atoms with E-state index in [-0.39, 0.29) is 5.69 Å². The second kappa shape index (κ2) is 9.51. The molecule has 0 unspecified atom stereocenters. The number of carbonyl (C=O) groups is 1. The summed E-state index contributed by atoms with van der Waals surface area (Å²) in [6, 6.07) is 10.6. The van der Waals surface area contributed by atoms with Gasteiger partial charge in [-0.25, -0.2) is 8.42 Å². The Hall–Kier alpha value is -2.94. The molecule has 0 aliphatic carbocycles. The zero-order valence-corrected chi connectivity index (χ0v) is 17.9. The van der Waals surface area contributed by atoms with Gasteiger partial charge >= 0.3 is 0 Å². The lowest BCUT2D eigenvalue weighted by atomic mass is 10.2. The monoisotopic (exact) mass is 422 g/mol. The van der Waals surface area contributed by atoms with Crippen LogP contribution in [0.2, 0.25) is 0 Å². The van der Waals surface area contributed by atoms with Crippen molar-refractivity contribution in [2.75, 3.05) is 36.7 Å². The van der Waals surface area contributed by atoms with Crippen molar-refractivity contribution in [3.05, 3.63) is 42.5 Å². The molecule has 0 radical (unpaired) electrons. The summed E-state index contributed by atoms with van der Waals surface area (Å²) in [6.45, 7) is 3.85. The highest BCUT2D eigenvalue weighted by Gasteiger charge is 2.31. The van der Waals surface area contributed by atoms with E-state index >= 15 is 0 Å². The predicted molar refractivity (Wildman–Crippen MR) is 113 cm³/mol. The topological polar surface area (TPSA) is 94.2 Å². The number of rotatable bonds is 9. The molecule has 0 heterocycles. The number of nitrogens with zero attached hydrogens (tertiary/aromatic N) is 1. The second-order valence-electron chi connectivity index (χ2n) is 6.22. The molecule has 2 aromatic carbocycles. The molecule has 2 rings (SSSR count). The van der Waals surface area contributed by atoms with E-state index in [0.717, 1.165) is 10.6 Å². The summed E-state index contributed by atoms with van der Waals surface area (Å²) in [4.78, 5) is 12.9. The maximum atomic E-state index is 12.9. The molecule has 0 aliphatic heterocycles. The van der Waals surface area contributed by atoms with Crippen molar-refractivity contribution >= 4 is 27.3 Å². The Morgan fingerprint density at radius 2 is 1.83 bits per heavy atom. The first-order valence-electron chi connectivity index (χ1n) is 8.96. The van der Waals surface area contributed by atoms with Gasteiger partial charge in [0.15, 0.2) is 0 Å². The molecule has 0 bridgehead atoms. The molecule has 1 amide bonds. The van der Waals surface area contributed by atoms with Gasteiger partial charge in [-0.1, -0.05) is 6.07 Å². The summed E-state index contributed by atoms with van der Waals surface area (Å²) in [5.41, 5.74) is 0.707. The van der Waals surface area contributed by atoms with Gasteiger partial charge in [0.2, 0.25) is 15.9 Å². The summed E-state index contributed by atoms with van der Waals surface area (Å²) < 4.78 is 42.1. The Balaban J connectivity index is 2.39. The Morgan fingerprint density at radius 1 is 1.10 bits per heavy atom. The highest BCUT2D eigenvalue weighted by molar-refractivity contribution is 7.92. The van der Waals surface area contributed by atoms with Gasteiger partial charge in [-0.2, -0.15) is 0 Å². The number of hydrogen-bond acceptors (Lipinski definition) is 6. The lowest BCUT2D eigenvalue weighted by molar-refractivity contribution is -0.116. The van der Waals surface area contributed by atoms with Crippen LogP contribution in [0, 0.1) is 0 Å². The fourth-order valence-electron chi connectivity index (χ4n) is 2.83. The molecule has 0 spiro atoms. The smallest absolute Gasteiger partial charge is 0.247 e. The van der Waals surface area contributed by atoms with Crippen molar-refractivity contribution in [2.45, 2.75) is 19.9 Å². The largest absolute Gasteiger partial charge is 0.497 e. The van der Waals surface area contributed by atoms with Gasteiger partial charge in [0, 0.05) is 17.8 Å². The van der Waals surface area contributed by atoms with Crippen LogP contribution >= 0.6 is 0 Å². The minimum absolute atomic E-state index is 0.208. The van der Waals surface area contributed by atoms with Crippen molar-refractivity contribution in [2.24, 2.45) is 0 Å². The maximum Gasteiger partial charge on any atom is 0.247 e. The third kappa shape index (κ3) is 5.54. The van der Waals surface area contributed by atoms with E-state index in [0.29, 0.717) is 29.5 Å². The van der Waals surface area contributed by atoms with Crippen molar-refractivity contribution in [1.82, 2.24) is 0 Å². The van der Waals surface area contributed by atoms with Crippen LogP contribution in [0.1, 0.15) is 13.8 Å². The average Bonchev–Trinajstić information content (AvgIpc) is 2.67. The Kier molecular flexibility index (Phi) is 7.33. The third-order valence-corrected chi connectivity index (χ3v) is 5.35. The molecule has 0 aliphatic rings. The highest BCUT2D eigenvalue weighted by Crippen LogP contribution is 2.35. The van der Waals surface area contributed by atoms with E-state index in [9.17, 15) is 13.2 Å². The molecule has 0 saturated carbocycles. The van der Waals surface area contributed by atoms with Crippen molar-refractivity contribution in [3.63, 3.8) is 0 Å². The van der Waals surface area contributed by atoms with E-state index in [1.807, 2.05) is 6.92 Å². The molecule has 9 heteroatoms. The van der Waals surface area contributed by atoms with Gasteiger partial charge < -0.3 is 19.5 Å². The standard InChI is InChI=1S/C20H26N2O6S/c1-6-28-17-9-7-8-15(12-17)21-20(23)14(2)22(29(5,24)25)18-13-16(26-3)10-11-19(18)27-4/h7-14H,6H2,1-5H3,(H,21,23)/t14-/m1/s1. The van der Waals surface area contributed by atoms with Crippen LogP contribution in [0.5, 0.6) is 17.2 Å². The summed E-state index contributed by atoms with van der Waals surface area (Å²) in [7, 11) is -0.920. The summed E-state index contributed by atoms with van der Waals surface area (Å²) in [5.74, 6) is 0.835. The molecule has 1 atom stereocenters. The number of nitrogens with one attached hydrogen (secondary N) is 1. The number of sulfonamides is 1. The maximum absolute atomic E-state index is 12.9. The minimum Gasteiger partial charge on any atom is -0.497 e. The molecular weight excluding hydrogens is 396 g/mol. The van der Waals surface area contributed by atoms with Gasteiger partial charge in [0.1, 0.15) is 23.3 Å². The molecule has 8 nitrogen and oxygen atoms in total. The second-order valence-corrected chi connectivity index (χ2v) is 8.08. The van der Waals surface area contributed by atoms with E-state index in [1.165, 1.54) is 27.2 Å². The van der Waals surface area contributed by atoms with Crippen molar-refractivity contribution < 1.29 is 27.4 Å². The zero-order chi connectivity index (χ0) is 21.6. The molecule has 29 heavy (non-hydrogen) atoms. The molecular formula is C20H26N2O6S. The first kappa shape index (κ1) is 22.4. The van der Waals surface area contributed by atoms with Crippen LogP contribution in [0.4, 0.5) is 11.4 Å². The Bertz CT molecular complexity index is 961. The quantitative estimate of drug-likeness (QED) is 0.668. The molecule has 0 fully saturated rings. The summed E-state index contributed by atoms with van der Waals surface area (Å²) in [6.07, 6.45) is 1.03. The number of carbonyl (C=O) groups excluding carboxylic acids is 1. The van der Waals surface area contributed by atoms with Gasteiger partial charge in [-0.05, 0) is 38.1 Å². The lowest BCUT2D eigenvalue weighted by Crippen LogP contribution is -2.45. The number of benzene rings is 2. The van der Waals surface area contributed by atoms with Gasteiger partial charge in [-0.3, -0.25) is 9.10 Å². The van der Waals surface area contributed by atoms with Crippen LogP contribution in [0.15, 0.2) is 42.5 Å². The third-order valence-electron chi connectivity index (χ3n) is 4.12.